The van der Waals surface area contributed by atoms with E-state index >= 15 is 0 Å². The Balaban J connectivity index is 2.44. The van der Waals surface area contributed by atoms with Gasteiger partial charge in [-0.05, 0) is 12.8 Å². The first kappa shape index (κ1) is 13.4. The summed E-state index contributed by atoms with van der Waals surface area (Å²) in [5.74, 6) is -0.904. The van der Waals surface area contributed by atoms with Crippen LogP contribution in [0.15, 0.2) is 0 Å². The third kappa shape index (κ3) is 3.42. The van der Waals surface area contributed by atoms with Gasteiger partial charge in [-0.1, -0.05) is 6.92 Å². The summed E-state index contributed by atoms with van der Waals surface area (Å²) >= 11 is 0. The molecule has 1 heterocycles. The average Bonchev–Trinajstić information content (AvgIpc) is 2.59. The summed E-state index contributed by atoms with van der Waals surface area (Å²) in [6.45, 7) is 3.16. The first-order chi connectivity index (χ1) is 7.95. The molecule has 3 N–H and O–H groups in total. The summed E-state index contributed by atoms with van der Waals surface area (Å²) in [5.41, 5.74) is 0. The first-order valence-electron chi connectivity index (χ1n) is 5.44. The zero-order valence-electron chi connectivity index (χ0n) is 9.90. The Labute approximate surface area is 99.2 Å². The molecule has 0 aliphatic carbocycles. The molecule has 96 valence electrons. The molecule has 1 saturated heterocycles. The van der Waals surface area contributed by atoms with Gasteiger partial charge in [-0.15, -0.1) is 0 Å². The Kier molecular flexibility index (Phi) is 4.45. The normalized spacial score (nSPS) is 18.9. The molecule has 0 aromatic rings. The highest BCUT2D eigenvalue weighted by Crippen LogP contribution is 2.02. The zero-order valence-corrected chi connectivity index (χ0v) is 9.90. The number of hydrogen-bond donors (Lipinski definition) is 3. The van der Waals surface area contributed by atoms with E-state index in [1.807, 2.05) is 0 Å². The minimum atomic E-state index is -0.548. The number of rotatable bonds is 5. The Morgan fingerprint density at radius 3 is 2.65 bits per heavy atom. The standard InChI is InChI=1S/C10H17N3O4/c1-6(5-14)7(2)12-8(15)4-13-9(16)3-11-10(13)17/h6-7,14H,3-5H2,1-2H3,(H,11,17)(H,12,15). The zero-order chi connectivity index (χ0) is 13.0. The number of amides is 4. The highest BCUT2D eigenvalue weighted by Gasteiger charge is 2.30. The molecule has 1 rings (SSSR count). The molecule has 2 atom stereocenters. The topological polar surface area (TPSA) is 98.7 Å². The van der Waals surface area contributed by atoms with Gasteiger partial charge < -0.3 is 15.7 Å². The van der Waals surface area contributed by atoms with Gasteiger partial charge >= 0.3 is 6.03 Å². The summed E-state index contributed by atoms with van der Waals surface area (Å²) in [7, 11) is 0. The lowest BCUT2D eigenvalue weighted by molar-refractivity contribution is -0.131. The van der Waals surface area contributed by atoms with Gasteiger partial charge in [0, 0.05) is 12.6 Å². The fourth-order valence-electron chi connectivity index (χ4n) is 1.36. The SMILES string of the molecule is CC(CO)C(C)NC(=O)CN1C(=O)CNC1=O. The number of hydrogen-bond acceptors (Lipinski definition) is 4. The van der Waals surface area contributed by atoms with Crippen LogP contribution in [0.1, 0.15) is 13.8 Å². The Morgan fingerprint density at radius 1 is 1.53 bits per heavy atom. The van der Waals surface area contributed by atoms with Crippen LogP contribution < -0.4 is 10.6 Å². The van der Waals surface area contributed by atoms with E-state index in [4.69, 9.17) is 5.11 Å². The quantitative estimate of drug-likeness (QED) is 0.521. The number of carbonyl (C=O) groups is 3. The van der Waals surface area contributed by atoms with Crippen molar-refractivity contribution in [1.82, 2.24) is 15.5 Å². The van der Waals surface area contributed by atoms with E-state index in [9.17, 15) is 14.4 Å². The number of imide groups is 1. The molecule has 1 aliphatic heterocycles. The van der Waals surface area contributed by atoms with Crippen molar-refractivity contribution < 1.29 is 19.5 Å². The molecule has 7 heteroatoms. The van der Waals surface area contributed by atoms with Crippen molar-refractivity contribution in [1.29, 1.82) is 0 Å². The van der Waals surface area contributed by atoms with Crippen LogP contribution in [0.3, 0.4) is 0 Å². The van der Waals surface area contributed by atoms with E-state index < -0.39 is 17.8 Å². The van der Waals surface area contributed by atoms with Crippen molar-refractivity contribution in [3.05, 3.63) is 0 Å². The lowest BCUT2D eigenvalue weighted by Crippen LogP contribution is -2.45. The smallest absolute Gasteiger partial charge is 0.325 e. The molecule has 0 spiro atoms. The monoisotopic (exact) mass is 243 g/mol. The third-order valence-corrected chi connectivity index (χ3v) is 2.77. The molecule has 17 heavy (non-hydrogen) atoms. The van der Waals surface area contributed by atoms with Gasteiger partial charge in [0.2, 0.25) is 5.91 Å². The maximum absolute atomic E-state index is 11.6. The average molecular weight is 243 g/mol. The fourth-order valence-corrected chi connectivity index (χ4v) is 1.36. The van der Waals surface area contributed by atoms with E-state index in [-0.39, 0.29) is 31.7 Å². The molecular weight excluding hydrogens is 226 g/mol. The molecule has 1 fully saturated rings. The predicted octanol–water partition coefficient (Wildman–Crippen LogP) is -1.33. The highest BCUT2D eigenvalue weighted by molar-refractivity contribution is 6.04. The summed E-state index contributed by atoms with van der Waals surface area (Å²) in [4.78, 5) is 34.8. The van der Waals surface area contributed by atoms with Gasteiger partial charge in [0.1, 0.15) is 6.54 Å². The second kappa shape index (κ2) is 5.62. The van der Waals surface area contributed by atoms with Crippen molar-refractivity contribution in [2.45, 2.75) is 19.9 Å². The van der Waals surface area contributed by atoms with E-state index in [1.165, 1.54) is 0 Å². The van der Waals surface area contributed by atoms with E-state index in [1.54, 1.807) is 13.8 Å². The van der Waals surface area contributed by atoms with Gasteiger partial charge in [-0.25, -0.2) is 4.79 Å². The highest BCUT2D eigenvalue weighted by atomic mass is 16.3. The molecule has 0 radical (unpaired) electrons. The van der Waals surface area contributed by atoms with Gasteiger partial charge in [-0.2, -0.15) is 0 Å². The minimum absolute atomic E-state index is 0.0371. The maximum Gasteiger partial charge on any atom is 0.325 e. The number of nitrogens with zero attached hydrogens (tertiary/aromatic N) is 1. The molecule has 0 saturated carbocycles. The third-order valence-electron chi connectivity index (χ3n) is 2.77. The summed E-state index contributed by atoms with van der Waals surface area (Å²) in [6.07, 6.45) is 0. The van der Waals surface area contributed by atoms with E-state index in [0.29, 0.717) is 0 Å². The van der Waals surface area contributed by atoms with Crippen LogP contribution in [0, 0.1) is 5.92 Å². The molecule has 1 aliphatic rings. The van der Waals surface area contributed by atoms with Crippen molar-refractivity contribution in [2.24, 2.45) is 5.92 Å². The van der Waals surface area contributed by atoms with Crippen LogP contribution in [0.5, 0.6) is 0 Å². The lowest BCUT2D eigenvalue weighted by atomic mass is 10.1. The second-order valence-corrected chi connectivity index (χ2v) is 4.15. The molecule has 0 aromatic heterocycles. The molecular formula is C10H17N3O4. The van der Waals surface area contributed by atoms with Crippen LogP contribution in [0.25, 0.3) is 0 Å². The summed E-state index contributed by atoms with van der Waals surface area (Å²) < 4.78 is 0. The number of aliphatic hydroxyl groups is 1. The van der Waals surface area contributed by atoms with Crippen molar-refractivity contribution in [3.8, 4) is 0 Å². The lowest BCUT2D eigenvalue weighted by Gasteiger charge is -2.20. The Morgan fingerprint density at radius 2 is 2.18 bits per heavy atom. The second-order valence-electron chi connectivity index (χ2n) is 4.15. The summed E-state index contributed by atoms with van der Waals surface area (Å²) in [6, 6.07) is -0.763. The summed E-state index contributed by atoms with van der Waals surface area (Å²) in [5, 5.41) is 13.9. The number of aliphatic hydroxyl groups excluding tert-OH is 1. The largest absolute Gasteiger partial charge is 0.396 e. The fraction of sp³-hybridized carbons (Fsp3) is 0.700. The van der Waals surface area contributed by atoms with Gasteiger partial charge in [0.25, 0.3) is 5.91 Å². The maximum atomic E-state index is 11.6. The predicted molar refractivity (Wildman–Crippen MR) is 59.0 cm³/mol. The van der Waals surface area contributed by atoms with Crippen LogP contribution in [0.2, 0.25) is 0 Å². The first-order valence-corrected chi connectivity index (χ1v) is 5.44. The minimum Gasteiger partial charge on any atom is -0.396 e. The van der Waals surface area contributed by atoms with Gasteiger partial charge in [0.15, 0.2) is 0 Å². The molecule has 0 aromatic carbocycles. The number of nitrogens with one attached hydrogen (secondary N) is 2. The molecule has 0 bridgehead atoms. The number of carbonyl (C=O) groups excluding carboxylic acids is 3. The van der Waals surface area contributed by atoms with E-state index in [0.717, 1.165) is 4.90 Å². The van der Waals surface area contributed by atoms with Gasteiger partial charge in [0.05, 0.1) is 6.54 Å². The van der Waals surface area contributed by atoms with Crippen LogP contribution >= 0.6 is 0 Å². The Bertz CT molecular complexity index is 316. The van der Waals surface area contributed by atoms with Crippen molar-refractivity contribution in [3.63, 3.8) is 0 Å². The van der Waals surface area contributed by atoms with Crippen molar-refractivity contribution >= 4 is 17.8 Å². The van der Waals surface area contributed by atoms with E-state index in [2.05, 4.69) is 10.6 Å². The molecule has 2 unspecified atom stereocenters. The van der Waals surface area contributed by atoms with Crippen LogP contribution in [-0.4, -0.2) is 53.6 Å². The van der Waals surface area contributed by atoms with Crippen LogP contribution in [-0.2, 0) is 9.59 Å². The van der Waals surface area contributed by atoms with Crippen molar-refractivity contribution in [2.75, 3.05) is 19.7 Å². The van der Waals surface area contributed by atoms with Gasteiger partial charge in [-0.3, -0.25) is 14.5 Å². The molecule has 7 nitrogen and oxygen atoms in total. The van der Waals surface area contributed by atoms with Crippen LogP contribution in [0.4, 0.5) is 4.79 Å². The molecule has 4 amide bonds. The Hall–Kier alpha value is -1.63. The number of urea groups is 1.